The fraction of sp³-hybridized carbons (Fsp3) is 0.0769. The molecule has 0 saturated heterocycles. The van der Waals surface area contributed by atoms with E-state index in [1.54, 1.807) is 24.3 Å². The maximum atomic E-state index is 12.3. The second-order valence-electron chi connectivity index (χ2n) is 4.02. The van der Waals surface area contributed by atoms with Crippen molar-refractivity contribution in [3.05, 3.63) is 47.5 Å². The Morgan fingerprint density at radius 3 is 2.60 bits per heavy atom. The molecule has 2 rings (SSSR count). The maximum absolute atomic E-state index is 12.3. The van der Waals surface area contributed by atoms with Gasteiger partial charge < -0.3 is 10.5 Å². The van der Waals surface area contributed by atoms with Gasteiger partial charge in [0.15, 0.2) is 0 Å². The van der Waals surface area contributed by atoms with Gasteiger partial charge in [-0.1, -0.05) is 17.7 Å². The first kappa shape index (κ1) is 14.5. The monoisotopic (exact) mass is 312 g/mol. The predicted octanol–water partition coefficient (Wildman–Crippen LogP) is 2.73. The molecule has 106 valence electrons. The smallest absolute Gasteiger partial charge is 0.263 e. The van der Waals surface area contributed by atoms with E-state index in [1.807, 2.05) is 0 Å². The number of ether oxygens (including phenoxy) is 1. The summed E-state index contributed by atoms with van der Waals surface area (Å²) >= 11 is 5.76. The first-order valence-corrected chi connectivity index (χ1v) is 7.50. The van der Waals surface area contributed by atoms with Crippen LogP contribution in [-0.2, 0) is 10.0 Å². The molecule has 0 aliphatic carbocycles. The van der Waals surface area contributed by atoms with Gasteiger partial charge >= 0.3 is 0 Å². The zero-order chi connectivity index (χ0) is 14.8. The fourth-order valence-electron chi connectivity index (χ4n) is 1.66. The summed E-state index contributed by atoms with van der Waals surface area (Å²) in [6.07, 6.45) is 0. The molecule has 0 aliphatic heterocycles. The molecule has 0 bridgehead atoms. The molecule has 0 spiro atoms. The Morgan fingerprint density at radius 1 is 1.20 bits per heavy atom. The Morgan fingerprint density at radius 2 is 1.95 bits per heavy atom. The quantitative estimate of drug-likeness (QED) is 0.851. The van der Waals surface area contributed by atoms with Crippen molar-refractivity contribution in [1.29, 1.82) is 0 Å². The van der Waals surface area contributed by atoms with Crippen LogP contribution in [0.25, 0.3) is 0 Å². The molecule has 0 heterocycles. The lowest BCUT2D eigenvalue weighted by atomic mass is 10.3. The summed E-state index contributed by atoms with van der Waals surface area (Å²) in [5.74, 6) is 0.550. The predicted molar refractivity (Wildman–Crippen MR) is 79.7 cm³/mol. The topological polar surface area (TPSA) is 81.4 Å². The van der Waals surface area contributed by atoms with E-state index in [4.69, 9.17) is 22.1 Å². The Labute approximate surface area is 122 Å². The molecule has 0 fully saturated rings. The van der Waals surface area contributed by atoms with E-state index in [-0.39, 0.29) is 10.6 Å². The number of hydrogen-bond donors (Lipinski definition) is 2. The minimum Gasteiger partial charge on any atom is -0.497 e. The molecule has 20 heavy (non-hydrogen) atoms. The van der Waals surface area contributed by atoms with E-state index >= 15 is 0 Å². The molecule has 0 saturated carbocycles. The molecular weight excluding hydrogens is 300 g/mol. The van der Waals surface area contributed by atoms with Crippen LogP contribution >= 0.6 is 11.6 Å². The van der Waals surface area contributed by atoms with Crippen LogP contribution in [0.2, 0.25) is 5.02 Å². The minimum atomic E-state index is -3.77. The van der Waals surface area contributed by atoms with Crippen LogP contribution in [0.5, 0.6) is 5.75 Å². The molecule has 7 heteroatoms. The lowest BCUT2D eigenvalue weighted by Gasteiger charge is -2.11. The van der Waals surface area contributed by atoms with Gasteiger partial charge in [0.25, 0.3) is 10.0 Å². The largest absolute Gasteiger partial charge is 0.497 e. The minimum absolute atomic E-state index is 0.0234. The highest BCUT2D eigenvalue weighted by molar-refractivity contribution is 7.92. The van der Waals surface area contributed by atoms with E-state index in [0.717, 1.165) is 0 Å². The molecular formula is C13H13ClN2O3S. The van der Waals surface area contributed by atoms with Gasteiger partial charge in [-0.3, -0.25) is 4.72 Å². The summed E-state index contributed by atoms with van der Waals surface area (Å²) in [5, 5.41) is 0.378. The average molecular weight is 313 g/mol. The Bertz CT molecular complexity index is 732. The number of benzene rings is 2. The van der Waals surface area contributed by atoms with Gasteiger partial charge in [0.1, 0.15) is 10.6 Å². The van der Waals surface area contributed by atoms with Crippen LogP contribution in [0.1, 0.15) is 0 Å². The first-order chi connectivity index (χ1) is 9.42. The molecule has 0 aliphatic rings. The second kappa shape index (κ2) is 5.60. The number of rotatable bonds is 4. The summed E-state index contributed by atoms with van der Waals surface area (Å²) < 4.78 is 32.0. The van der Waals surface area contributed by atoms with Crippen molar-refractivity contribution in [1.82, 2.24) is 0 Å². The van der Waals surface area contributed by atoms with Gasteiger partial charge in [-0.15, -0.1) is 0 Å². The average Bonchev–Trinajstić information content (AvgIpc) is 2.37. The van der Waals surface area contributed by atoms with Crippen LogP contribution in [0.3, 0.4) is 0 Å². The highest BCUT2D eigenvalue weighted by Gasteiger charge is 2.17. The zero-order valence-electron chi connectivity index (χ0n) is 10.6. The van der Waals surface area contributed by atoms with E-state index in [0.29, 0.717) is 16.5 Å². The zero-order valence-corrected chi connectivity index (χ0v) is 12.2. The number of anilines is 2. The van der Waals surface area contributed by atoms with Crippen LogP contribution in [0, 0.1) is 0 Å². The summed E-state index contributed by atoms with van der Waals surface area (Å²) in [6.45, 7) is 0. The summed E-state index contributed by atoms with van der Waals surface area (Å²) in [5.41, 5.74) is 6.17. The molecule has 2 aromatic carbocycles. The third kappa shape index (κ3) is 3.15. The summed E-state index contributed by atoms with van der Waals surface area (Å²) in [7, 11) is -2.27. The fourth-order valence-corrected chi connectivity index (χ4v) is 3.00. The van der Waals surface area contributed by atoms with Crippen molar-refractivity contribution >= 4 is 33.0 Å². The molecule has 2 aromatic rings. The first-order valence-electron chi connectivity index (χ1n) is 5.64. The highest BCUT2D eigenvalue weighted by Crippen LogP contribution is 2.25. The van der Waals surface area contributed by atoms with Crippen LogP contribution in [0.4, 0.5) is 11.4 Å². The lowest BCUT2D eigenvalue weighted by Crippen LogP contribution is -2.14. The Kier molecular flexibility index (Phi) is 4.06. The Hall–Kier alpha value is -1.92. The number of nitrogens with two attached hydrogens (primary N) is 1. The van der Waals surface area contributed by atoms with Crippen molar-refractivity contribution in [3.63, 3.8) is 0 Å². The van der Waals surface area contributed by atoms with Crippen LogP contribution < -0.4 is 15.2 Å². The number of nitrogens with one attached hydrogen (secondary N) is 1. The molecule has 0 aromatic heterocycles. The van der Waals surface area contributed by atoms with E-state index in [2.05, 4.69) is 4.72 Å². The lowest BCUT2D eigenvalue weighted by molar-refractivity contribution is 0.415. The maximum Gasteiger partial charge on any atom is 0.263 e. The van der Waals surface area contributed by atoms with Gasteiger partial charge in [-0.05, 0) is 30.3 Å². The molecule has 0 radical (unpaired) electrons. The molecule has 0 unspecified atom stereocenters. The summed E-state index contributed by atoms with van der Waals surface area (Å²) in [6, 6.07) is 10.8. The van der Waals surface area contributed by atoms with Gasteiger partial charge in [0, 0.05) is 11.1 Å². The van der Waals surface area contributed by atoms with Gasteiger partial charge in [-0.2, -0.15) is 0 Å². The van der Waals surface area contributed by atoms with Crippen LogP contribution in [-0.4, -0.2) is 15.5 Å². The molecule has 3 N–H and O–H groups in total. The molecule has 5 nitrogen and oxygen atoms in total. The SMILES string of the molecule is COc1cccc(NS(=O)(=O)c2ccc(Cl)cc2N)c1. The number of halogens is 1. The second-order valence-corrected chi connectivity index (χ2v) is 6.11. The Balaban J connectivity index is 2.35. The molecule has 0 atom stereocenters. The van der Waals surface area contributed by atoms with Crippen molar-refractivity contribution in [2.24, 2.45) is 0 Å². The van der Waals surface area contributed by atoms with Gasteiger partial charge in [0.05, 0.1) is 18.5 Å². The van der Waals surface area contributed by atoms with Gasteiger partial charge in [-0.25, -0.2) is 8.42 Å². The number of hydrogen-bond acceptors (Lipinski definition) is 4. The van der Waals surface area contributed by atoms with Crippen molar-refractivity contribution in [2.75, 3.05) is 17.6 Å². The third-order valence-electron chi connectivity index (χ3n) is 2.58. The highest BCUT2D eigenvalue weighted by atomic mass is 35.5. The van der Waals surface area contributed by atoms with Crippen LogP contribution in [0.15, 0.2) is 47.4 Å². The van der Waals surface area contributed by atoms with Crippen molar-refractivity contribution < 1.29 is 13.2 Å². The number of nitrogen functional groups attached to an aromatic ring is 1. The van der Waals surface area contributed by atoms with E-state index in [9.17, 15) is 8.42 Å². The van der Waals surface area contributed by atoms with E-state index < -0.39 is 10.0 Å². The number of sulfonamides is 1. The normalized spacial score (nSPS) is 11.1. The third-order valence-corrected chi connectivity index (χ3v) is 4.27. The van der Waals surface area contributed by atoms with E-state index in [1.165, 1.54) is 25.3 Å². The number of methoxy groups -OCH3 is 1. The summed E-state index contributed by atoms with van der Waals surface area (Å²) in [4.78, 5) is -0.0234. The van der Waals surface area contributed by atoms with Crippen molar-refractivity contribution in [3.8, 4) is 5.75 Å². The molecule has 0 amide bonds. The van der Waals surface area contributed by atoms with Gasteiger partial charge in [0.2, 0.25) is 0 Å². The standard InChI is InChI=1S/C13H13ClN2O3S/c1-19-11-4-2-3-10(8-11)16-20(17,18)13-6-5-9(14)7-12(13)15/h2-8,16H,15H2,1H3. The van der Waals surface area contributed by atoms with Crippen molar-refractivity contribution in [2.45, 2.75) is 4.90 Å².